The van der Waals surface area contributed by atoms with Gasteiger partial charge in [0.2, 0.25) is 0 Å². The zero-order valence-corrected chi connectivity index (χ0v) is 14.1. The van der Waals surface area contributed by atoms with Gasteiger partial charge in [0.05, 0.1) is 6.17 Å². The first kappa shape index (κ1) is 18.0. The minimum Gasteiger partial charge on any atom is -0.302 e. The van der Waals surface area contributed by atoms with E-state index < -0.39 is 0 Å². The second-order valence-corrected chi connectivity index (χ2v) is 6.63. The van der Waals surface area contributed by atoms with Gasteiger partial charge in [0.1, 0.15) is 0 Å². The first-order valence-electron chi connectivity index (χ1n) is 9.28. The molecule has 1 aliphatic heterocycles. The molecule has 0 aromatic heterocycles. The zero-order chi connectivity index (χ0) is 14.5. The first-order valence-corrected chi connectivity index (χ1v) is 9.28. The van der Waals surface area contributed by atoms with Crippen molar-refractivity contribution in [2.24, 2.45) is 0 Å². The molecule has 1 unspecified atom stereocenters. The summed E-state index contributed by atoms with van der Waals surface area (Å²) >= 11 is 0. The summed E-state index contributed by atoms with van der Waals surface area (Å²) in [6.07, 6.45) is 19.2. The average Bonchev–Trinajstić information content (AvgIpc) is 2.46. The lowest BCUT2D eigenvalue weighted by molar-refractivity contribution is 0.153. The number of unbranched alkanes of at least 4 members (excludes halogenated alkanes) is 10. The Balaban J connectivity index is 1.78. The van der Waals surface area contributed by atoms with Crippen LogP contribution < -0.4 is 5.32 Å². The van der Waals surface area contributed by atoms with Crippen molar-refractivity contribution in [3.63, 3.8) is 0 Å². The van der Waals surface area contributed by atoms with E-state index in [1.165, 1.54) is 96.6 Å². The molecule has 1 aliphatic rings. The van der Waals surface area contributed by atoms with Gasteiger partial charge in [-0.05, 0) is 26.4 Å². The standard InChI is InChI=1S/C18H38N2/c1-3-4-5-6-7-8-9-10-11-12-13-15-18-19-16-14-17-20(18)2/h18-19H,3-17H2,1-2H3. The van der Waals surface area contributed by atoms with E-state index in [0.29, 0.717) is 6.17 Å². The third kappa shape index (κ3) is 8.97. The fourth-order valence-electron chi connectivity index (χ4n) is 3.23. The highest BCUT2D eigenvalue weighted by Crippen LogP contribution is 2.14. The summed E-state index contributed by atoms with van der Waals surface area (Å²) in [7, 11) is 2.26. The van der Waals surface area contributed by atoms with Crippen LogP contribution in [0, 0.1) is 0 Å². The van der Waals surface area contributed by atoms with E-state index in [-0.39, 0.29) is 0 Å². The van der Waals surface area contributed by atoms with Crippen molar-refractivity contribution in [3.05, 3.63) is 0 Å². The summed E-state index contributed by atoms with van der Waals surface area (Å²) < 4.78 is 0. The van der Waals surface area contributed by atoms with Crippen LogP contribution in [0.2, 0.25) is 0 Å². The van der Waals surface area contributed by atoms with Gasteiger partial charge in [-0.2, -0.15) is 0 Å². The molecule has 1 rings (SSSR count). The van der Waals surface area contributed by atoms with Crippen molar-refractivity contribution in [3.8, 4) is 0 Å². The van der Waals surface area contributed by atoms with Crippen molar-refractivity contribution < 1.29 is 0 Å². The summed E-state index contributed by atoms with van der Waals surface area (Å²) in [6, 6.07) is 0. The third-order valence-corrected chi connectivity index (χ3v) is 4.68. The highest BCUT2D eigenvalue weighted by Gasteiger charge is 2.16. The summed E-state index contributed by atoms with van der Waals surface area (Å²) in [4.78, 5) is 2.49. The molecule has 0 aromatic carbocycles. The predicted molar refractivity (Wildman–Crippen MR) is 90.1 cm³/mol. The largest absolute Gasteiger partial charge is 0.302 e. The fraction of sp³-hybridized carbons (Fsp3) is 1.00. The van der Waals surface area contributed by atoms with Gasteiger partial charge in [0.25, 0.3) is 0 Å². The van der Waals surface area contributed by atoms with Crippen molar-refractivity contribution in [1.29, 1.82) is 0 Å². The van der Waals surface area contributed by atoms with Crippen LogP contribution in [0.1, 0.15) is 90.4 Å². The Kier molecular flexibility index (Phi) is 11.4. The van der Waals surface area contributed by atoms with Gasteiger partial charge in [0, 0.05) is 6.54 Å². The van der Waals surface area contributed by atoms with E-state index in [1.54, 1.807) is 0 Å². The lowest BCUT2D eigenvalue weighted by atomic mass is 10.0. The number of hydrogen-bond donors (Lipinski definition) is 1. The molecule has 120 valence electrons. The van der Waals surface area contributed by atoms with Crippen molar-refractivity contribution in [2.75, 3.05) is 20.1 Å². The molecular weight excluding hydrogens is 244 g/mol. The summed E-state index contributed by atoms with van der Waals surface area (Å²) in [6.45, 7) is 4.78. The van der Waals surface area contributed by atoms with E-state index >= 15 is 0 Å². The molecule has 0 radical (unpaired) electrons. The van der Waals surface area contributed by atoms with Gasteiger partial charge in [-0.3, -0.25) is 4.90 Å². The fourth-order valence-corrected chi connectivity index (χ4v) is 3.23. The third-order valence-electron chi connectivity index (χ3n) is 4.68. The monoisotopic (exact) mass is 282 g/mol. The summed E-state index contributed by atoms with van der Waals surface area (Å²) in [5, 5.41) is 3.63. The van der Waals surface area contributed by atoms with E-state index in [2.05, 4.69) is 24.2 Å². The Morgan fingerprint density at radius 2 is 1.40 bits per heavy atom. The molecule has 1 N–H and O–H groups in total. The molecule has 0 aromatic rings. The first-order chi connectivity index (χ1) is 9.84. The Bertz CT molecular complexity index is 206. The molecule has 1 atom stereocenters. The summed E-state index contributed by atoms with van der Waals surface area (Å²) in [5.41, 5.74) is 0. The van der Waals surface area contributed by atoms with Crippen molar-refractivity contribution in [1.82, 2.24) is 10.2 Å². The van der Waals surface area contributed by atoms with E-state index in [9.17, 15) is 0 Å². The average molecular weight is 283 g/mol. The molecule has 2 nitrogen and oxygen atoms in total. The van der Waals surface area contributed by atoms with Gasteiger partial charge < -0.3 is 5.32 Å². The van der Waals surface area contributed by atoms with Crippen LogP contribution in [-0.4, -0.2) is 31.2 Å². The SMILES string of the molecule is CCCCCCCCCCCCCC1NCCCN1C. The zero-order valence-electron chi connectivity index (χ0n) is 14.1. The van der Waals surface area contributed by atoms with E-state index in [4.69, 9.17) is 0 Å². The van der Waals surface area contributed by atoms with Crippen molar-refractivity contribution in [2.45, 2.75) is 96.6 Å². The minimum absolute atomic E-state index is 0.655. The van der Waals surface area contributed by atoms with Crippen LogP contribution in [0.15, 0.2) is 0 Å². The Labute approximate surface area is 127 Å². The van der Waals surface area contributed by atoms with Crippen molar-refractivity contribution >= 4 is 0 Å². The Morgan fingerprint density at radius 1 is 0.850 bits per heavy atom. The second-order valence-electron chi connectivity index (χ2n) is 6.63. The maximum absolute atomic E-state index is 3.63. The maximum Gasteiger partial charge on any atom is 0.0594 e. The van der Waals surface area contributed by atoms with Crippen LogP contribution in [0.4, 0.5) is 0 Å². The molecule has 20 heavy (non-hydrogen) atoms. The minimum atomic E-state index is 0.655. The number of rotatable bonds is 12. The van der Waals surface area contributed by atoms with E-state index in [1.807, 2.05) is 0 Å². The van der Waals surface area contributed by atoms with Gasteiger partial charge in [-0.15, -0.1) is 0 Å². The molecule has 2 heteroatoms. The Hall–Kier alpha value is -0.0800. The van der Waals surface area contributed by atoms with E-state index in [0.717, 1.165) is 0 Å². The molecule has 1 saturated heterocycles. The van der Waals surface area contributed by atoms with Crippen LogP contribution in [0.3, 0.4) is 0 Å². The maximum atomic E-state index is 3.63. The van der Waals surface area contributed by atoms with Crippen LogP contribution in [-0.2, 0) is 0 Å². The topological polar surface area (TPSA) is 15.3 Å². The molecule has 0 spiro atoms. The van der Waals surface area contributed by atoms with Crippen LogP contribution in [0.5, 0.6) is 0 Å². The van der Waals surface area contributed by atoms with Crippen LogP contribution >= 0.6 is 0 Å². The van der Waals surface area contributed by atoms with Gasteiger partial charge in [-0.1, -0.05) is 77.6 Å². The molecule has 1 heterocycles. The lowest BCUT2D eigenvalue weighted by Gasteiger charge is -2.33. The lowest BCUT2D eigenvalue weighted by Crippen LogP contribution is -2.49. The van der Waals surface area contributed by atoms with Gasteiger partial charge in [0.15, 0.2) is 0 Å². The smallest absolute Gasteiger partial charge is 0.0594 e. The molecule has 1 fully saturated rings. The molecule has 0 saturated carbocycles. The number of nitrogens with zero attached hydrogens (tertiary/aromatic N) is 1. The second kappa shape index (κ2) is 12.6. The highest BCUT2D eigenvalue weighted by atomic mass is 15.3. The molecule has 0 amide bonds. The molecule has 0 aliphatic carbocycles. The number of hydrogen-bond acceptors (Lipinski definition) is 2. The normalized spacial score (nSPS) is 20.4. The predicted octanol–water partition coefficient (Wildman–Crippen LogP) is 4.94. The van der Waals surface area contributed by atoms with Gasteiger partial charge >= 0.3 is 0 Å². The highest BCUT2D eigenvalue weighted by molar-refractivity contribution is 4.72. The molecular formula is C18H38N2. The summed E-state index contributed by atoms with van der Waals surface area (Å²) in [5.74, 6) is 0. The molecule has 0 bridgehead atoms. The number of nitrogens with one attached hydrogen (secondary N) is 1. The quantitative estimate of drug-likeness (QED) is 0.510. The van der Waals surface area contributed by atoms with Gasteiger partial charge in [-0.25, -0.2) is 0 Å². The Morgan fingerprint density at radius 3 is 1.95 bits per heavy atom. The van der Waals surface area contributed by atoms with Crippen LogP contribution in [0.25, 0.3) is 0 Å².